The van der Waals surface area contributed by atoms with E-state index in [4.69, 9.17) is 4.74 Å². The molecule has 0 fully saturated rings. The molecule has 5 nitrogen and oxygen atoms in total. The molecule has 1 atom stereocenters. The Labute approximate surface area is 131 Å². The zero-order valence-electron chi connectivity index (χ0n) is 12.9. The fraction of sp³-hybridized carbons (Fsp3) is 0.467. The van der Waals surface area contributed by atoms with Crippen molar-refractivity contribution in [3.63, 3.8) is 0 Å². The number of methoxy groups -OCH3 is 1. The van der Waals surface area contributed by atoms with E-state index in [1.807, 2.05) is 0 Å². The van der Waals surface area contributed by atoms with Crippen molar-refractivity contribution in [1.29, 1.82) is 0 Å². The monoisotopic (exact) mass is 330 g/mol. The zero-order chi connectivity index (χ0) is 17.4. The number of carbonyl (C=O) groups excluding carboxylic acids is 1. The summed E-state index contributed by atoms with van der Waals surface area (Å²) in [6, 6.07) is 5.54. The molecular weight excluding hydrogens is 313 g/mol. The largest absolute Gasteiger partial charge is 0.497 e. The molecule has 1 heterocycles. The van der Waals surface area contributed by atoms with Crippen LogP contribution in [0.25, 0.3) is 0 Å². The SMILES string of the molecule is COc1ccc(C(=O)N2N=C(C(C)C)C[C@]2(O)C(F)(F)F)cc1. The molecule has 0 aliphatic carbocycles. The summed E-state index contributed by atoms with van der Waals surface area (Å²) < 4.78 is 44.8. The van der Waals surface area contributed by atoms with Gasteiger partial charge in [0, 0.05) is 17.7 Å². The third-order valence-electron chi connectivity index (χ3n) is 3.66. The van der Waals surface area contributed by atoms with Crippen LogP contribution in [0.4, 0.5) is 13.2 Å². The van der Waals surface area contributed by atoms with E-state index >= 15 is 0 Å². The maximum absolute atomic E-state index is 13.3. The lowest BCUT2D eigenvalue weighted by atomic mass is 9.99. The average Bonchev–Trinajstić information content (AvgIpc) is 2.86. The van der Waals surface area contributed by atoms with E-state index in [-0.39, 0.29) is 22.2 Å². The number of amides is 1. The summed E-state index contributed by atoms with van der Waals surface area (Å²) in [5.41, 5.74) is -3.24. The van der Waals surface area contributed by atoms with Crippen molar-refractivity contribution in [2.24, 2.45) is 11.0 Å². The van der Waals surface area contributed by atoms with Crippen molar-refractivity contribution in [1.82, 2.24) is 5.01 Å². The van der Waals surface area contributed by atoms with Crippen LogP contribution in [-0.2, 0) is 0 Å². The van der Waals surface area contributed by atoms with Crippen LogP contribution in [-0.4, -0.2) is 40.7 Å². The molecule has 0 bridgehead atoms. The van der Waals surface area contributed by atoms with Gasteiger partial charge in [0.2, 0.25) is 0 Å². The number of hydrogen-bond acceptors (Lipinski definition) is 4. The molecule has 2 rings (SSSR count). The molecular formula is C15H17F3N2O3. The Kier molecular flexibility index (Phi) is 4.39. The number of nitrogens with zero attached hydrogens (tertiary/aromatic N) is 2. The number of halogens is 3. The standard InChI is InChI=1S/C15H17F3N2O3/c1-9(2)12-8-14(22,15(16,17)18)20(19-12)13(21)10-4-6-11(23-3)7-5-10/h4-7,9,22H,8H2,1-3H3/t14-/m0/s1. The lowest BCUT2D eigenvalue weighted by molar-refractivity contribution is -0.297. The fourth-order valence-corrected chi connectivity index (χ4v) is 2.18. The topological polar surface area (TPSA) is 62.1 Å². The van der Waals surface area contributed by atoms with Gasteiger partial charge < -0.3 is 9.84 Å². The van der Waals surface area contributed by atoms with E-state index in [9.17, 15) is 23.1 Å². The maximum atomic E-state index is 13.3. The summed E-state index contributed by atoms with van der Waals surface area (Å²) in [5, 5.41) is 13.9. The van der Waals surface area contributed by atoms with Crippen molar-refractivity contribution in [2.45, 2.75) is 32.2 Å². The second kappa shape index (κ2) is 5.84. The zero-order valence-corrected chi connectivity index (χ0v) is 12.9. The van der Waals surface area contributed by atoms with Gasteiger partial charge in [0.1, 0.15) is 5.75 Å². The Morgan fingerprint density at radius 1 is 1.35 bits per heavy atom. The van der Waals surface area contributed by atoms with Crippen molar-refractivity contribution >= 4 is 11.6 Å². The fourth-order valence-electron chi connectivity index (χ4n) is 2.18. The number of aliphatic hydroxyl groups is 1. The Morgan fingerprint density at radius 3 is 2.35 bits per heavy atom. The lowest BCUT2D eigenvalue weighted by Crippen LogP contribution is -2.56. The molecule has 0 saturated heterocycles. The molecule has 1 aromatic rings. The number of carbonyl (C=O) groups is 1. The molecule has 1 aromatic carbocycles. The molecule has 0 unspecified atom stereocenters. The first-order valence-electron chi connectivity index (χ1n) is 6.95. The van der Waals surface area contributed by atoms with Gasteiger partial charge in [0.05, 0.1) is 7.11 Å². The average molecular weight is 330 g/mol. The van der Waals surface area contributed by atoms with E-state index < -0.39 is 24.2 Å². The van der Waals surface area contributed by atoms with Crippen LogP contribution in [0.1, 0.15) is 30.6 Å². The molecule has 1 amide bonds. The van der Waals surface area contributed by atoms with Crippen LogP contribution in [0.5, 0.6) is 5.75 Å². The van der Waals surface area contributed by atoms with Crippen LogP contribution < -0.4 is 4.74 Å². The Balaban J connectivity index is 2.41. The number of hydrogen-bond donors (Lipinski definition) is 1. The van der Waals surface area contributed by atoms with E-state index in [1.165, 1.54) is 31.4 Å². The molecule has 0 spiro atoms. The summed E-state index contributed by atoms with van der Waals surface area (Å²) >= 11 is 0. The first kappa shape index (κ1) is 17.3. The first-order valence-corrected chi connectivity index (χ1v) is 6.95. The predicted molar refractivity (Wildman–Crippen MR) is 77.1 cm³/mol. The Morgan fingerprint density at radius 2 is 1.91 bits per heavy atom. The van der Waals surface area contributed by atoms with Gasteiger partial charge in [-0.25, -0.2) is 0 Å². The first-order chi connectivity index (χ1) is 10.6. The molecule has 1 aliphatic heterocycles. The van der Waals surface area contributed by atoms with Gasteiger partial charge in [-0.05, 0) is 30.2 Å². The highest BCUT2D eigenvalue weighted by molar-refractivity contribution is 5.98. The minimum Gasteiger partial charge on any atom is -0.497 e. The minimum absolute atomic E-state index is 0.0257. The summed E-state index contributed by atoms with van der Waals surface area (Å²) in [7, 11) is 1.43. The number of ether oxygens (including phenoxy) is 1. The quantitative estimate of drug-likeness (QED) is 0.927. The smallest absolute Gasteiger partial charge is 0.438 e. The van der Waals surface area contributed by atoms with E-state index in [0.29, 0.717) is 5.75 Å². The van der Waals surface area contributed by atoms with E-state index in [1.54, 1.807) is 13.8 Å². The molecule has 23 heavy (non-hydrogen) atoms. The Hall–Kier alpha value is -2.09. The normalized spacial score (nSPS) is 21.6. The van der Waals surface area contributed by atoms with Gasteiger partial charge in [-0.1, -0.05) is 13.8 Å². The van der Waals surface area contributed by atoms with Gasteiger partial charge in [-0.15, -0.1) is 0 Å². The van der Waals surface area contributed by atoms with Gasteiger partial charge >= 0.3 is 6.18 Å². The van der Waals surface area contributed by atoms with Crippen LogP contribution in [0.2, 0.25) is 0 Å². The van der Waals surface area contributed by atoms with E-state index in [2.05, 4.69) is 5.10 Å². The predicted octanol–water partition coefficient (Wildman–Crippen LogP) is 2.80. The van der Waals surface area contributed by atoms with Crippen LogP contribution >= 0.6 is 0 Å². The third-order valence-corrected chi connectivity index (χ3v) is 3.66. The summed E-state index contributed by atoms with van der Waals surface area (Å²) in [5.74, 6) is -0.888. The molecule has 1 aliphatic rings. The second-order valence-electron chi connectivity index (χ2n) is 5.58. The summed E-state index contributed by atoms with van der Waals surface area (Å²) in [4.78, 5) is 12.4. The van der Waals surface area contributed by atoms with Crippen molar-refractivity contribution in [3.8, 4) is 5.75 Å². The van der Waals surface area contributed by atoms with Gasteiger partial charge in [0.15, 0.2) is 0 Å². The molecule has 0 aromatic heterocycles. The maximum Gasteiger partial charge on any atom is 0.438 e. The molecule has 0 saturated carbocycles. The minimum atomic E-state index is -5.02. The van der Waals surface area contributed by atoms with Crippen molar-refractivity contribution in [3.05, 3.63) is 29.8 Å². The number of alkyl halides is 3. The highest BCUT2D eigenvalue weighted by Crippen LogP contribution is 2.42. The Bertz CT molecular complexity index is 626. The lowest BCUT2D eigenvalue weighted by Gasteiger charge is -2.32. The number of benzene rings is 1. The van der Waals surface area contributed by atoms with Crippen LogP contribution in [0.3, 0.4) is 0 Å². The molecule has 0 radical (unpaired) electrons. The van der Waals surface area contributed by atoms with Crippen molar-refractivity contribution in [2.75, 3.05) is 7.11 Å². The van der Waals surface area contributed by atoms with Crippen LogP contribution in [0.15, 0.2) is 29.4 Å². The van der Waals surface area contributed by atoms with E-state index in [0.717, 1.165) is 0 Å². The highest BCUT2D eigenvalue weighted by atomic mass is 19.4. The third kappa shape index (κ3) is 3.03. The number of rotatable bonds is 3. The molecule has 1 N–H and O–H groups in total. The summed E-state index contributed by atoms with van der Waals surface area (Å²) in [6.07, 6.45) is -5.77. The highest BCUT2D eigenvalue weighted by Gasteiger charge is 2.63. The molecule has 8 heteroatoms. The second-order valence-corrected chi connectivity index (χ2v) is 5.58. The van der Waals surface area contributed by atoms with Crippen molar-refractivity contribution < 1.29 is 27.8 Å². The molecule has 126 valence electrons. The van der Waals surface area contributed by atoms with Gasteiger partial charge in [-0.3, -0.25) is 4.79 Å². The van der Waals surface area contributed by atoms with Crippen LogP contribution in [0, 0.1) is 5.92 Å². The summed E-state index contributed by atoms with van der Waals surface area (Å²) in [6.45, 7) is 3.30. The number of hydrazone groups is 1. The van der Waals surface area contributed by atoms with Gasteiger partial charge in [-0.2, -0.15) is 23.3 Å². The van der Waals surface area contributed by atoms with Gasteiger partial charge in [0.25, 0.3) is 11.6 Å².